The fraction of sp³-hybridized carbons (Fsp3) is 0.800. The predicted molar refractivity (Wildman–Crippen MR) is 73.2 cm³/mol. The summed E-state index contributed by atoms with van der Waals surface area (Å²) in [4.78, 5) is 10.3. The molecule has 0 aromatic rings. The Morgan fingerprint density at radius 2 is 1.76 bits per heavy atom. The molecule has 0 rings (SSSR count). The van der Waals surface area contributed by atoms with E-state index in [1.165, 1.54) is 38.5 Å². The third-order valence-electron chi connectivity index (χ3n) is 3.21. The van der Waals surface area contributed by atoms with Crippen LogP contribution in [0.15, 0.2) is 12.2 Å². The van der Waals surface area contributed by atoms with E-state index >= 15 is 0 Å². The molecule has 0 aromatic carbocycles. The Kier molecular flexibility index (Phi) is 11.1. The molecule has 1 N–H and O–H groups in total. The minimum atomic E-state index is -0.709. The summed E-state index contributed by atoms with van der Waals surface area (Å²) in [5, 5.41) is 8.44. The molecule has 0 fully saturated rings. The molecule has 0 aliphatic rings. The van der Waals surface area contributed by atoms with Crippen LogP contribution in [-0.2, 0) is 4.79 Å². The molecular weight excluding hydrogens is 212 g/mol. The smallest absolute Gasteiger partial charge is 0.303 e. The maximum atomic E-state index is 10.3. The van der Waals surface area contributed by atoms with Crippen LogP contribution in [-0.4, -0.2) is 11.1 Å². The van der Waals surface area contributed by atoms with Crippen molar-refractivity contribution in [2.24, 2.45) is 5.92 Å². The molecule has 0 amide bonds. The average molecular weight is 240 g/mol. The molecule has 0 saturated carbocycles. The van der Waals surface area contributed by atoms with E-state index in [1.54, 1.807) is 0 Å². The van der Waals surface area contributed by atoms with Crippen LogP contribution in [0.25, 0.3) is 0 Å². The molecule has 0 unspecified atom stereocenters. The van der Waals surface area contributed by atoms with Crippen molar-refractivity contribution in [1.29, 1.82) is 0 Å². The first-order valence-electron chi connectivity index (χ1n) is 7.03. The van der Waals surface area contributed by atoms with Crippen molar-refractivity contribution in [2.75, 3.05) is 0 Å². The van der Waals surface area contributed by atoms with Crippen LogP contribution in [0.5, 0.6) is 0 Å². The number of carboxylic acid groups (broad SMARTS) is 1. The van der Waals surface area contributed by atoms with Gasteiger partial charge < -0.3 is 5.11 Å². The summed E-state index contributed by atoms with van der Waals surface area (Å²) in [6, 6.07) is 0. The molecule has 0 heterocycles. The van der Waals surface area contributed by atoms with E-state index in [4.69, 9.17) is 5.11 Å². The maximum absolute atomic E-state index is 10.3. The number of hydrogen-bond acceptors (Lipinski definition) is 1. The average Bonchev–Trinajstić information content (AvgIpc) is 2.30. The number of allylic oxidation sites excluding steroid dienone is 2. The zero-order valence-corrected chi connectivity index (χ0v) is 11.5. The van der Waals surface area contributed by atoms with Gasteiger partial charge in [-0.15, -0.1) is 0 Å². The fourth-order valence-corrected chi connectivity index (χ4v) is 1.76. The van der Waals surface area contributed by atoms with E-state index in [9.17, 15) is 4.79 Å². The van der Waals surface area contributed by atoms with E-state index in [0.717, 1.165) is 12.3 Å². The summed E-state index contributed by atoms with van der Waals surface area (Å²) >= 11 is 0. The SMILES string of the molecule is CC[C@H](C)CCCCCC/C=C/CCC(=O)O. The third kappa shape index (κ3) is 13.1. The van der Waals surface area contributed by atoms with Crippen LogP contribution in [0, 0.1) is 5.92 Å². The summed E-state index contributed by atoms with van der Waals surface area (Å²) in [6.45, 7) is 4.58. The highest BCUT2D eigenvalue weighted by Crippen LogP contribution is 2.13. The van der Waals surface area contributed by atoms with Crippen molar-refractivity contribution in [2.45, 2.75) is 71.6 Å². The number of aliphatic carboxylic acids is 1. The largest absolute Gasteiger partial charge is 0.481 e. The molecule has 2 heteroatoms. The maximum Gasteiger partial charge on any atom is 0.303 e. The van der Waals surface area contributed by atoms with Gasteiger partial charge in [-0.1, -0.05) is 58.1 Å². The van der Waals surface area contributed by atoms with Crippen LogP contribution in [0.3, 0.4) is 0 Å². The predicted octanol–water partition coefficient (Wildman–Crippen LogP) is 4.79. The normalized spacial score (nSPS) is 13.1. The summed E-state index contributed by atoms with van der Waals surface area (Å²) in [5.41, 5.74) is 0. The quantitative estimate of drug-likeness (QED) is 0.416. The monoisotopic (exact) mass is 240 g/mol. The molecule has 0 radical (unpaired) electrons. The summed E-state index contributed by atoms with van der Waals surface area (Å²) < 4.78 is 0. The van der Waals surface area contributed by atoms with Crippen LogP contribution < -0.4 is 0 Å². The molecule has 0 saturated heterocycles. The highest BCUT2D eigenvalue weighted by atomic mass is 16.4. The number of hydrogen-bond donors (Lipinski definition) is 1. The zero-order chi connectivity index (χ0) is 12.9. The minimum absolute atomic E-state index is 0.255. The van der Waals surface area contributed by atoms with Gasteiger partial charge in [-0.2, -0.15) is 0 Å². The Morgan fingerprint density at radius 3 is 2.41 bits per heavy atom. The van der Waals surface area contributed by atoms with Crippen molar-refractivity contribution in [3.63, 3.8) is 0 Å². The van der Waals surface area contributed by atoms with Crippen molar-refractivity contribution in [3.05, 3.63) is 12.2 Å². The van der Waals surface area contributed by atoms with Crippen LogP contribution in [0.1, 0.15) is 71.6 Å². The van der Waals surface area contributed by atoms with E-state index in [-0.39, 0.29) is 6.42 Å². The number of rotatable bonds is 11. The van der Waals surface area contributed by atoms with Gasteiger partial charge in [0, 0.05) is 6.42 Å². The van der Waals surface area contributed by atoms with Gasteiger partial charge >= 0.3 is 5.97 Å². The van der Waals surface area contributed by atoms with Gasteiger partial charge in [0.05, 0.1) is 0 Å². The Balaban J connectivity index is 3.15. The molecule has 0 bridgehead atoms. The Labute approximate surface area is 106 Å². The second-order valence-corrected chi connectivity index (χ2v) is 4.91. The van der Waals surface area contributed by atoms with Gasteiger partial charge in [0.2, 0.25) is 0 Å². The second-order valence-electron chi connectivity index (χ2n) is 4.91. The zero-order valence-electron chi connectivity index (χ0n) is 11.5. The first-order valence-corrected chi connectivity index (χ1v) is 7.03. The third-order valence-corrected chi connectivity index (χ3v) is 3.21. The molecule has 100 valence electrons. The van der Waals surface area contributed by atoms with Gasteiger partial charge in [-0.25, -0.2) is 0 Å². The molecule has 17 heavy (non-hydrogen) atoms. The molecular formula is C15H28O2. The summed E-state index contributed by atoms with van der Waals surface area (Å²) in [7, 11) is 0. The standard InChI is InChI=1S/C15H28O2/c1-3-14(2)12-10-8-6-4-5-7-9-11-13-15(16)17/h7,9,14H,3-6,8,10-13H2,1-2H3,(H,16,17)/b9-7+/t14-/m0/s1. The van der Waals surface area contributed by atoms with Gasteiger partial charge in [-0.3, -0.25) is 4.79 Å². The first kappa shape index (κ1) is 16.2. The fourth-order valence-electron chi connectivity index (χ4n) is 1.76. The highest BCUT2D eigenvalue weighted by Gasteiger charge is 1.97. The summed E-state index contributed by atoms with van der Waals surface area (Å²) in [6.07, 6.45) is 14.1. The molecule has 2 nitrogen and oxygen atoms in total. The molecule has 0 aliphatic carbocycles. The van der Waals surface area contributed by atoms with E-state index in [2.05, 4.69) is 19.9 Å². The summed E-state index contributed by atoms with van der Waals surface area (Å²) in [5.74, 6) is 0.172. The second kappa shape index (κ2) is 11.7. The van der Waals surface area contributed by atoms with E-state index < -0.39 is 5.97 Å². The Morgan fingerprint density at radius 1 is 1.12 bits per heavy atom. The molecule has 0 spiro atoms. The number of carbonyl (C=O) groups is 1. The van der Waals surface area contributed by atoms with Crippen LogP contribution in [0.2, 0.25) is 0 Å². The van der Waals surface area contributed by atoms with Gasteiger partial charge in [-0.05, 0) is 25.2 Å². The Hall–Kier alpha value is -0.790. The molecule has 1 atom stereocenters. The molecule has 0 aromatic heterocycles. The lowest BCUT2D eigenvalue weighted by atomic mass is 10.00. The number of carboxylic acids is 1. The Bertz CT molecular complexity index is 209. The lowest BCUT2D eigenvalue weighted by molar-refractivity contribution is -0.136. The van der Waals surface area contributed by atoms with Crippen LogP contribution >= 0.6 is 0 Å². The van der Waals surface area contributed by atoms with E-state index in [1.807, 2.05) is 6.08 Å². The van der Waals surface area contributed by atoms with Crippen molar-refractivity contribution in [3.8, 4) is 0 Å². The molecule has 0 aliphatic heterocycles. The van der Waals surface area contributed by atoms with Crippen molar-refractivity contribution >= 4 is 5.97 Å². The van der Waals surface area contributed by atoms with E-state index in [0.29, 0.717) is 6.42 Å². The lowest BCUT2D eigenvalue weighted by Crippen LogP contribution is -1.91. The number of unbranched alkanes of at least 4 members (excludes halogenated alkanes) is 4. The van der Waals surface area contributed by atoms with Gasteiger partial charge in [0.1, 0.15) is 0 Å². The van der Waals surface area contributed by atoms with Gasteiger partial charge in [0.25, 0.3) is 0 Å². The minimum Gasteiger partial charge on any atom is -0.481 e. The van der Waals surface area contributed by atoms with Crippen molar-refractivity contribution in [1.82, 2.24) is 0 Å². The van der Waals surface area contributed by atoms with Crippen LogP contribution in [0.4, 0.5) is 0 Å². The topological polar surface area (TPSA) is 37.3 Å². The lowest BCUT2D eigenvalue weighted by Gasteiger charge is -2.06. The van der Waals surface area contributed by atoms with Crippen molar-refractivity contribution < 1.29 is 9.90 Å². The van der Waals surface area contributed by atoms with Gasteiger partial charge in [0.15, 0.2) is 0 Å². The first-order chi connectivity index (χ1) is 8.16. The highest BCUT2D eigenvalue weighted by molar-refractivity contribution is 5.66.